The van der Waals surface area contributed by atoms with Crippen LogP contribution in [0.25, 0.3) is 5.52 Å². The monoisotopic (exact) mass is 175 g/mol. The molecule has 0 saturated heterocycles. The lowest BCUT2D eigenvalue weighted by Crippen LogP contribution is -2.02. The Kier molecular flexibility index (Phi) is 2.27. The minimum Gasteiger partial charge on any atom is -0.330 e. The van der Waals surface area contributed by atoms with Crippen molar-refractivity contribution in [3.63, 3.8) is 0 Å². The fraction of sp³-hybridized carbons (Fsp3) is 0.300. The second-order valence-electron chi connectivity index (χ2n) is 3.06. The predicted molar refractivity (Wildman–Crippen MR) is 52.6 cm³/mol. The van der Waals surface area contributed by atoms with Gasteiger partial charge in [0.15, 0.2) is 0 Å². The molecule has 2 aromatic heterocycles. The van der Waals surface area contributed by atoms with Gasteiger partial charge in [-0.25, -0.2) is 4.98 Å². The second kappa shape index (κ2) is 3.58. The van der Waals surface area contributed by atoms with Gasteiger partial charge in [0.25, 0.3) is 0 Å². The highest BCUT2D eigenvalue weighted by molar-refractivity contribution is 5.45. The van der Waals surface area contributed by atoms with Gasteiger partial charge < -0.3 is 10.1 Å². The molecule has 0 bridgehead atoms. The van der Waals surface area contributed by atoms with E-state index in [4.69, 9.17) is 5.73 Å². The molecule has 0 aliphatic rings. The van der Waals surface area contributed by atoms with E-state index in [0.29, 0.717) is 0 Å². The van der Waals surface area contributed by atoms with E-state index in [-0.39, 0.29) is 0 Å². The molecule has 0 aliphatic carbocycles. The molecule has 3 nitrogen and oxygen atoms in total. The first-order chi connectivity index (χ1) is 6.42. The zero-order valence-electron chi connectivity index (χ0n) is 7.48. The maximum Gasteiger partial charge on any atom is 0.113 e. The van der Waals surface area contributed by atoms with Crippen LogP contribution in [0, 0.1) is 0 Å². The van der Waals surface area contributed by atoms with Gasteiger partial charge in [-0.15, -0.1) is 0 Å². The summed E-state index contributed by atoms with van der Waals surface area (Å²) in [5.74, 6) is 1.10. The van der Waals surface area contributed by atoms with Crippen LogP contribution < -0.4 is 5.73 Å². The maximum atomic E-state index is 5.45. The minimum atomic E-state index is 0.724. The van der Waals surface area contributed by atoms with Crippen LogP contribution in [0.4, 0.5) is 0 Å². The first kappa shape index (κ1) is 8.26. The fourth-order valence-electron chi connectivity index (χ4n) is 1.44. The van der Waals surface area contributed by atoms with Crippen LogP contribution in [-0.4, -0.2) is 15.9 Å². The van der Waals surface area contributed by atoms with Gasteiger partial charge >= 0.3 is 0 Å². The summed E-state index contributed by atoms with van der Waals surface area (Å²) < 4.78 is 2.11. The molecular weight excluding hydrogens is 162 g/mol. The molecule has 13 heavy (non-hydrogen) atoms. The van der Waals surface area contributed by atoms with Crippen LogP contribution in [0.15, 0.2) is 30.6 Å². The molecule has 0 saturated carbocycles. The van der Waals surface area contributed by atoms with Crippen LogP contribution in [-0.2, 0) is 6.42 Å². The third kappa shape index (κ3) is 1.55. The van der Waals surface area contributed by atoms with E-state index < -0.39 is 0 Å². The smallest absolute Gasteiger partial charge is 0.113 e. The van der Waals surface area contributed by atoms with E-state index in [2.05, 4.69) is 15.5 Å². The van der Waals surface area contributed by atoms with Crippen LogP contribution in [0.2, 0.25) is 0 Å². The first-order valence-electron chi connectivity index (χ1n) is 4.53. The SMILES string of the molecule is NCCCc1ncc2ccccn12. The normalized spacial score (nSPS) is 10.8. The molecule has 2 heterocycles. The Morgan fingerprint density at radius 1 is 1.38 bits per heavy atom. The quantitative estimate of drug-likeness (QED) is 0.762. The largest absolute Gasteiger partial charge is 0.330 e. The Hall–Kier alpha value is -1.35. The number of nitrogens with zero attached hydrogens (tertiary/aromatic N) is 2. The van der Waals surface area contributed by atoms with Crippen molar-refractivity contribution in [1.82, 2.24) is 9.38 Å². The highest BCUT2D eigenvalue weighted by Crippen LogP contribution is 2.07. The van der Waals surface area contributed by atoms with Gasteiger partial charge in [0.1, 0.15) is 5.82 Å². The number of fused-ring (bicyclic) bond motifs is 1. The van der Waals surface area contributed by atoms with Crippen LogP contribution in [0.5, 0.6) is 0 Å². The lowest BCUT2D eigenvalue weighted by atomic mass is 10.3. The van der Waals surface area contributed by atoms with Gasteiger partial charge in [-0.1, -0.05) is 6.07 Å². The summed E-state index contributed by atoms with van der Waals surface area (Å²) in [5.41, 5.74) is 6.60. The Morgan fingerprint density at radius 3 is 3.15 bits per heavy atom. The van der Waals surface area contributed by atoms with Crippen molar-refractivity contribution in [3.8, 4) is 0 Å². The average molecular weight is 175 g/mol. The van der Waals surface area contributed by atoms with Gasteiger partial charge in [0, 0.05) is 12.6 Å². The van der Waals surface area contributed by atoms with Gasteiger partial charge in [0.2, 0.25) is 0 Å². The summed E-state index contributed by atoms with van der Waals surface area (Å²) in [6.45, 7) is 0.724. The van der Waals surface area contributed by atoms with Crippen LogP contribution in [0.3, 0.4) is 0 Å². The number of aryl methyl sites for hydroxylation is 1. The minimum absolute atomic E-state index is 0.724. The van der Waals surface area contributed by atoms with Crippen molar-refractivity contribution in [2.75, 3.05) is 6.54 Å². The van der Waals surface area contributed by atoms with Gasteiger partial charge in [0.05, 0.1) is 11.7 Å². The van der Waals surface area contributed by atoms with Crippen molar-refractivity contribution in [2.45, 2.75) is 12.8 Å². The van der Waals surface area contributed by atoms with E-state index >= 15 is 0 Å². The van der Waals surface area contributed by atoms with Crippen molar-refractivity contribution >= 4 is 5.52 Å². The summed E-state index contributed by atoms with van der Waals surface area (Å²) >= 11 is 0. The first-order valence-corrected chi connectivity index (χ1v) is 4.53. The Bertz CT molecular complexity index is 392. The summed E-state index contributed by atoms with van der Waals surface area (Å²) in [7, 11) is 0. The summed E-state index contributed by atoms with van der Waals surface area (Å²) in [4.78, 5) is 4.34. The molecule has 3 heteroatoms. The number of hydrogen-bond donors (Lipinski definition) is 1. The van der Waals surface area contributed by atoms with Crippen molar-refractivity contribution in [3.05, 3.63) is 36.4 Å². The average Bonchev–Trinajstić information content (AvgIpc) is 2.58. The molecule has 0 aliphatic heterocycles. The number of nitrogens with two attached hydrogens (primary N) is 1. The van der Waals surface area contributed by atoms with Crippen molar-refractivity contribution in [2.24, 2.45) is 5.73 Å². The molecule has 0 amide bonds. The molecule has 0 aromatic carbocycles. The van der Waals surface area contributed by atoms with E-state index in [0.717, 1.165) is 30.7 Å². The standard InChI is InChI=1S/C10H13N3/c11-6-3-5-10-12-8-9-4-1-2-7-13(9)10/h1-2,4,7-8H,3,5-6,11H2. The van der Waals surface area contributed by atoms with Gasteiger partial charge in [-0.05, 0) is 25.1 Å². The zero-order chi connectivity index (χ0) is 9.10. The topological polar surface area (TPSA) is 43.3 Å². The molecule has 2 aromatic rings. The molecule has 2 N–H and O–H groups in total. The molecule has 0 fully saturated rings. The number of rotatable bonds is 3. The molecule has 0 atom stereocenters. The Balaban J connectivity index is 2.35. The third-order valence-electron chi connectivity index (χ3n) is 2.12. The molecular formula is C10H13N3. The lowest BCUT2D eigenvalue weighted by Gasteiger charge is -1.98. The van der Waals surface area contributed by atoms with Gasteiger partial charge in [-0.3, -0.25) is 0 Å². The van der Waals surface area contributed by atoms with Crippen LogP contribution in [0.1, 0.15) is 12.2 Å². The number of aromatic nitrogens is 2. The number of hydrogen-bond acceptors (Lipinski definition) is 2. The van der Waals surface area contributed by atoms with E-state index in [1.54, 1.807) is 0 Å². The third-order valence-corrected chi connectivity index (χ3v) is 2.12. The number of imidazole rings is 1. The Labute approximate surface area is 77.2 Å². The van der Waals surface area contributed by atoms with Crippen LogP contribution >= 0.6 is 0 Å². The van der Waals surface area contributed by atoms with Crippen molar-refractivity contribution < 1.29 is 0 Å². The summed E-state index contributed by atoms with van der Waals surface area (Å²) in [6.07, 6.45) is 5.88. The lowest BCUT2D eigenvalue weighted by molar-refractivity contribution is 0.778. The maximum absolute atomic E-state index is 5.45. The predicted octanol–water partition coefficient (Wildman–Crippen LogP) is 1.23. The summed E-state index contributed by atoms with van der Waals surface area (Å²) in [6, 6.07) is 6.09. The molecule has 0 spiro atoms. The fourth-order valence-corrected chi connectivity index (χ4v) is 1.44. The Morgan fingerprint density at radius 2 is 2.31 bits per heavy atom. The molecule has 2 rings (SSSR count). The molecule has 0 unspecified atom stereocenters. The van der Waals surface area contributed by atoms with E-state index in [9.17, 15) is 0 Å². The zero-order valence-corrected chi connectivity index (χ0v) is 7.48. The van der Waals surface area contributed by atoms with E-state index in [1.165, 1.54) is 0 Å². The highest BCUT2D eigenvalue weighted by Gasteiger charge is 2.00. The van der Waals surface area contributed by atoms with E-state index in [1.807, 2.05) is 24.5 Å². The molecule has 0 radical (unpaired) electrons. The summed E-state index contributed by atoms with van der Waals surface area (Å²) in [5, 5.41) is 0. The number of pyridine rings is 1. The van der Waals surface area contributed by atoms with Crippen molar-refractivity contribution in [1.29, 1.82) is 0 Å². The second-order valence-corrected chi connectivity index (χ2v) is 3.06. The highest BCUT2D eigenvalue weighted by atomic mass is 15.0. The van der Waals surface area contributed by atoms with Gasteiger partial charge in [-0.2, -0.15) is 0 Å². The molecule has 68 valence electrons.